The van der Waals surface area contributed by atoms with Crippen molar-refractivity contribution in [2.45, 2.75) is 6.92 Å². The molecule has 0 amide bonds. The Kier molecular flexibility index (Phi) is 5.26. The van der Waals surface area contributed by atoms with E-state index in [-0.39, 0.29) is 13.1 Å². The lowest BCUT2D eigenvalue weighted by Crippen LogP contribution is -2.32. The molecule has 18 heavy (non-hydrogen) atoms. The minimum atomic E-state index is -0.914. The smallest absolute Gasteiger partial charge is 0.308 e. The summed E-state index contributed by atoms with van der Waals surface area (Å²) in [5.74, 6) is -1.51. The van der Waals surface area contributed by atoms with Crippen molar-refractivity contribution in [2.75, 3.05) is 18.0 Å². The predicted molar refractivity (Wildman–Crippen MR) is 71.1 cm³/mol. The van der Waals surface area contributed by atoms with Gasteiger partial charge in [0.15, 0.2) is 0 Å². The first-order chi connectivity index (χ1) is 8.45. The number of carboxylic acid groups (broad SMARTS) is 1. The van der Waals surface area contributed by atoms with E-state index in [2.05, 4.69) is 0 Å². The quantitative estimate of drug-likeness (QED) is 0.845. The molecule has 0 aliphatic carbocycles. The number of hydrogen-bond donors (Lipinski definition) is 1. The summed E-state index contributed by atoms with van der Waals surface area (Å²) in [6, 6.07) is 6.89. The van der Waals surface area contributed by atoms with Gasteiger partial charge in [-0.15, -0.1) is 0 Å². The van der Waals surface area contributed by atoms with Gasteiger partial charge in [-0.1, -0.05) is 30.1 Å². The van der Waals surface area contributed by atoms with E-state index in [9.17, 15) is 4.79 Å². The van der Waals surface area contributed by atoms with Crippen LogP contribution in [-0.4, -0.2) is 24.2 Å². The van der Waals surface area contributed by atoms with E-state index in [4.69, 9.17) is 33.6 Å². The third-order valence-electron chi connectivity index (χ3n) is 2.43. The fourth-order valence-corrected chi connectivity index (χ4v) is 2.01. The summed E-state index contributed by atoms with van der Waals surface area (Å²) in [5, 5.41) is 18.6. The molecule has 0 saturated heterocycles. The van der Waals surface area contributed by atoms with E-state index in [1.807, 2.05) is 6.07 Å². The summed E-state index contributed by atoms with van der Waals surface area (Å²) in [6.07, 6.45) is 0. The molecule has 0 heterocycles. The Labute approximate surface area is 115 Å². The Balaban J connectivity index is 2.97. The highest BCUT2D eigenvalue weighted by Gasteiger charge is 2.18. The maximum atomic E-state index is 10.8. The van der Waals surface area contributed by atoms with Crippen LogP contribution in [-0.2, 0) is 4.79 Å². The molecular weight excluding hydrogens is 275 g/mol. The van der Waals surface area contributed by atoms with E-state index in [0.29, 0.717) is 15.7 Å². The molecular formula is C12H12Cl2N2O2. The third-order valence-corrected chi connectivity index (χ3v) is 2.97. The summed E-state index contributed by atoms with van der Waals surface area (Å²) in [4.78, 5) is 12.5. The SMILES string of the molecule is CC(CN(CC#N)c1ccc(Cl)cc1Cl)C(=O)O. The van der Waals surface area contributed by atoms with Gasteiger partial charge in [-0.2, -0.15) is 5.26 Å². The molecule has 6 heteroatoms. The van der Waals surface area contributed by atoms with Crippen LogP contribution in [0.15, 0.2) is 18.2 Å². The summed E-state index contributed by atoms with van der Waals surface area (Å²) in [5.41, 5.74) is 0.607. The van der Waals surface area contributed by atoms with Gasteiger partial charge in [-0.25, -0.2) is 0 Å². The van der Waals surface area contributed by atoms with Gasteiger partial charge in [-0.3, -0.25) is 4.79 Å². The largest absolute Gasteiger partial charge is 0.481 e. The van der Waals surface area contributed by atoms with Gasteiger partial charge in [0.2, 0.25) is 0 Å². The molecule has 0 aliphatic heterocycles. The van der Waals surface area contributed by atoms with Crippen LogP contribution in [0.5, 0.6) is 0 Å². The Bertz CT molecular complexity index is 485. The number of hydrogen-bond acceptors (Lipinski definition) is 3. The average molecular weight is 287 g/mol. The molecule has 0 aromatic heterocycles. The maximum Gasteiger partial charge on any atom is 0.308 e. The molecule has 96 valence electrons. The Hall–Kier alpha value is -1.44. The van der Waals surface area contributed by atoms with Crippen LogP contribution in [0, 0.1) is 17.2 Å². The lowest BCUT2D eigenvalue weighted by molar-refractivity contribution is -0.140. The normalized spacial score (nSPS) is 11.7. The first kappa shape index (κ1) is 14.6. The molecule has 0 bridgehead atoms. The van der Waals surface area contributed by atoms with Gasteiger partial charge in [0, 0.05) is 11.6 Å². The zero-order chi connectivity index (χ0) is 13.7. The molecule has 0 aliphatic rings. The first-order valence-electron chi connectivity index (χ1n) is 5.25. The fourth-order valence-electron chi connectivity index (χ4n) is 1.48. The van der Waals surface area contributed by atoms with Gasteiger partial charge in [0.25, 0.3) is 0 Å². The van der Waals surface area contributed by atoms with Gasteiger partial charge in [0.1, 0.15) is 6.54 Å². The molecule has 0 saturated carbocycles. The first-order valence-corrected chi connectivity index (χ1v) is 6.01. The molecule has 1 unspecified atom stereocenters. The van der Waals surface area contributed by atoms with Crippen LogP contribution in [0.25, 0.3) is 0 Å². The molecule has 4 nitrogen and oxygen atoms in total. The molecule has 1 rings (SSSR count). The van der Waals surface area contributed by atoms with Crippen molar-refractivity contribution in [3.05, 3.63) is 28.2 Å². The predicted octanol–water partition coefficient (Wildman–Crippen LogP) is 3.04. The van der Waals surface area contributed by atoms with Gasteiger partial charge < -0.3 is 10.0 Å². The van der Waals surface area contributed by atoms with Crippen LogP contribution < -0.4 is 4.90 Å². The number of nitrogens with zero attached hydrogens (tertiary/aromatic N) is 2. The summed E-state index contributed by atoms with van der Waals surface area (Å²) < 4.78 is 0. The summed E-state index contributed by atoms with van der Waals surface area (Å²) in [6.45, 7) is 1.86. The van der Waals surface area contributed by atoms with Crippen LogP contribution in [0.2, 0.25) is 10.0 Å². The second-order valence-corrected chi connectivity index (χ2v) is 4.72. The van der Waals surface area contributed by atoms with Crippen molar-refractivity contribution < 1.29 is 9.90 Å². The lowest BCUT2D eigenvalue weighted by Gasteiger charge is -2.24. The van der Waals surface area contributed by atoms with Crippen LogP contribution in [0.4, 0.5) is 5.69 Å². The molecule has 1 N–H and O–H groups in total. The van der Waals surface area contributed by atoms with Crippen molar-refractivity contribution in [3.8, 4) is 6.07 Å². The average Bonchev–Trinajstić information content (AvgIpc) is 2.28. The number of nitriles is 1. The second-order valence-electron chi connectivity index (χ2n) is 3.87. The highest BCUT2D eigenvalue weighted by Crippen LogP contribution is 2.29. The van der Waals surface area contributed by atoms with E-state index >= 15 is 0 Å². The van der Waals surface area contributed by atoms with Crippen molar-refractivity contribution in [3.63, 3.8) is 0 Å². The van der Waals surface area contributed by atoms with Crippen molar-refractivity contribution >= 4 is 34.9 Å². The highest BCUT2D eigenvalue weighted by molar-refractivity contribution is 6.36. The molecule has 0 spiro atoms. The number of aliphatic carboxylic acids is 1. The third kappa shape index (κ3) is 3.80. The minimum Gasteiger partial charge on any atom is -0.481 e. The topological polar surface area (TPSA) is 64.3 Å². The van der Waals surface area contributed by atoms with Crippen molar-refractivity contribution in [1.82, 2.24) is 0 Å². The Morgan fingerprint density at radius 1 is 1.56 bits per heavy atom. The number of carboxylic acids is 1. The second kappa shape index (κ2) is 6.48. The highest BCUT2D eigenvalue weighted by atomic mass is 35.5. The maximum absolute atomic E-state index is 10.8. The monoisotopic (exact) mass is 286 g/mol. The van der Waals surface area contributed by atoms with Gasteiger partial charge >= 0.3 is 5.97 Å². The molecule has 1 aromatic carbocycles. The van der Waals surface area contributed by atoms with Gasteiger partial charge in [-0.05, 0) is 18.2 Å². The number of carbonyl (C=O) groups is 1. The Morgan fingerprint density at radius 2 is 2.22 bits per heavy atom. The van der Waals surface area contributed by atoms with Crippen molar-refractivity contribution in [1.29, 1.82) is 5.26 Å². The lowest BCUT2D eigenvalue weighted by atomic mass is 10.1. The van der Waals surface area contributed by atoms with Crippen LogP contribution in [0.3, 0.4) is 0 Å². The number of rotatable bonds is 5. The van der Waals surface area contributed by atoms with Crippen LogP contribution in [0.1, 0.15) is 6.92 Å². The van der Waals surface area contributed by atoms with E-state index in [1.54, 1.807) is 30.0 Å². The minimum absolute atomic E-state index is 0.0684. The fraction of sp³-hybridized carbons (Fsp3) is 0.333. The van der Waals surface area contributed by atoms with E-state index < -0.39 is 11.9 Å². The summed E-state index contributed by atoms with van der Waals surface area (Å²) >= 11 is 11.8. The zero-order valence-electron chi connectivity index (χ0n) is 9.73. The van der Waals surface area contributed by atoms with E-state index in [1.165, 1.54) is 0 Å². The van der Waals surface area contributed by atoms with Crippen molar-refractivity contribution in [2.24, 2.45) is 5.92 Å². The van der Waals surface area contributed by atoms with Gasteiger partial charge in [0.05, 0.1) is 22.7 Å². The number of benzene rings is 1. The molecule has 1 atom stereocenters. The standard InChI is InChI=1S/C12H12Cl2N2O2/c1-8(12(17)18)7-16(5-4-15)11-3-2-9(13)6-10(11)14/h2-3,6,8H,5,7H2,1H3,(H,17,18). The molecule has 1 aromatic rings. The Morgan fingerprint density at radius 3 is 2.72 bits per heavy atom. The molecule has 0 radical (unpaired) electrons. The zero-order valence-corrected chi connectivity index (χ0v) is 11.2. The molecule has 0 fully saturated rings. The summed E-state index contributed by atoms with van der Waals surface area (Å²) in [7, 11) is 0. The number of anilines is 1. The number of halogens is 2. The van der Waals surface area contributed by atoms with E-state index in [0.717, 1.165) is 0 Å². The van der Waals surface area contributed by atoms with Crippen LogP contribution >= 0.6 is 23.2 Å².